The molecule has 0 N–H and O–H groups in total. The van der Waals surface area contributed by atoms with Crippen molar-refractivity contribution in [2.45, 2.75) is 31.6 Å². The van der Waals surface area contributed by atoms with Crippen molar-refractivity contribution < 1.29 is 8.42 Å². The number of benzene rings is 2. The lowest BCUT2D eigenvalue weighted by Crippen LogP contribution is -2.60. The van der Waals surface area contributed by atoms with Crippen LogP contribution in [0.4, 0.5) is 5.69 Å². The van der Waals surface area contributed by atoms with Gasteiger partial charge in [0, 0.05) is 62.8 Å². The summed E-state index contributed by atoms with van der Waals surface area (Å²) >= 11 is 0. The molecule has 0 atom stereocenters. The van der Waals surface area contributed by atoms with Gasteiger partial charge in [-0.15, -0.1) is 0 Å². The Hall–Kier alpha value is -3.23. The Morgan fingerprint density at radius 3 is 2.13 bits per heavy atom. The minimum absolute atomic E-state index is 0.300. The lowest BCUT2D eigenvalue weighted by Gasteiger charge is -2.55. The fourth-order valence-corrected chi connectivity index (χ4v) is 6.91. The van der Waals surface area contributed by atoms with Crippen LogP contribution in [0, 0.1) is 11.3 Å². The standard InChI is InChI=1S/C31H37N5O2S/c1-22(2)19-35-20-31(21-35)15-17-36(18-16-31)25-9-5-23(6-10-25)27-13-14-28-30(32-27)34(3)29(33-28)24-7-11-26(12-8-24)39(4,37)38/h5-14,22H,15-21H2,1-4H3. The fourth-order valence-electron chi connectivity index (χ4n) is 6.28. The summed E-state index contributed by atoms with van der Waals surface area (Å²) in [5.41, 5.74) is 6.28. The Kier molecular flexibility index (Phi) is 6.50. The number of pyridine rings is 1. The van der Waals surface area contributed by atoms with Gasteiger partial charge in [-0.2, -0.15) is 0 Å². The molecule has 2 aromatic heterocycles. The van der Waals surface area contributed by atoms with Crippen molar-refractivity contribution in [3.8, 4) is 22.6 Å². The molecule has 0 unspecified atom stereocenters. The van der Waals surface area contributed by atoms with E-state index in [1.54, 1.807) is 24.3 Å². The molecule has 0 bridgehead atoms. The zero-order valence-corrected chi connectivity index (χ0v) is 24.1. The molecule has 204 valence electrons. The summed E-state index contributed by atoms with van der Waals surface area (Å²) in [6.07, 6.45) is 3.77. The maximum Gasteiger partial charge on any atom is 0.175 e. The highest BCUT2D eigenvalue weighted by molar-refractivity contribution is 7.90. The van der Waals surface area contributed by atoms with Gasteiger partial charge in [-0.25, -0.2) is 18.4 Å². The van der Waals surface area contributed by atoms with Crippen LogP contribution >= 0.6 is 0 Å². The van der Waals surface area contributed by atoms with Crippen molar-refractivity contribution in [1.29, 1.82) is 0 Å². The van der Waals surface area contributed by atoms with Crippen LogP contribution in [0.15, 0.2) is 65.6 Å². The predicted octanol–water partition coefficient (Wildman–Crippen LogP) is 5.26. The highest BCUT2D eigenvalue weighted by Gasteiger charge is 2.44. The van der Waals surface area contributed by atoms with Crippen LogP contribution in [0.5, 0.6) is 0 Å². The Bertz CT molecular complexity index is 1590. The van der Waals surface area contributed by atoms with E-state index in [1.165, 1.54) is 44.4 Å². The number of likely N-dealkylation sites (tertiary alicyclic amines) is 1. The average Bonchev–Trinajstić information content (AvgIpc) is 3.23. The third-order valence-electron chi connectivity index (χ3n) is 8.35. The van der Waals surface area contributed by atoms with Crippen molar-refractivity contribution >= 4 is 26.7 Å². The van der Waals surface area contributed by atoms with Crippen molar-refractivity contribution in [3.05, 3.63) is 60.7 Å². The molecule has 0 saturated carbocycles. The number of hydrogen-bond acceptors (Lipinski definition) is 6. The molecule has 4 aromatic rings. The molecular formula is C31H37N5O2S. The lowest BCUT2D eigenvalue weighted by atomic mass is 9.71. The van der Waals surface area contributed by atoms with Crippen molar-refractivity contribution in [3.63, 3.8) is 0 Å². The lowest BCUT2D eigenvalue weighted by molar-refractivity contribution is -0.0247. The largest absolute Gasteiger partial charge is 0.371 e. The van der Waals surface area contributed by atoms with E-state index < -0.39 is 9.84 Å². The molecular weight excluding hydrogens is 506 g/mol. The van der Waals surface area contributed by atoms with Gasteiger partial charge in [0.1, 0.15) is 11.3 Å². The predicted molar refractivity (Wildman–Crippen MR) is 158 cm³/mol. The SMILES string of the molecule is CC(C)CN1CC2(CCN(c3ccc(-c4ccc5nc(-c6ccc(S(C)(=O)=O)cc6)n(C)c5n4)cc3)CC2)C1. The van der Waals surface area contributed by atoms with Gasteiger partial charge in [-0.05, 0) is 72.7 Å². The van der Waals surface area contributed by atoms with Crippen LogP contribution in [0.25, 0.3) is 33.8 Å². The molecule has 1 spiro atoms. The van der Waals surface area contributed by atoms with Crippen molar-refractivity contribution in [1.82, 2.24) is 19.4 Å². The average molecular weight is 544 g/mol. The Balaban J connectivity index is 1.16. The van der Waals surface area contributed by atoms with Crippen LogP contribution < -0.4 is 4.90 Å². The van der Waals surface area contributed by atoms with E-state index in [9.17, 15) is 8.42 Å². The van der Waals surface area contributed by atoms with Crippen LogP contribution in [0.3, 0.4) is 0 Å². The summed E-state index contributed by atoms with van der Waals surface area (Å²) in [7, 11) is -1.29. The van der Waals surface area contributed by atoms with Crippen LogP contribution in [0.1, 0.15) is 26.7 Å². The van der Waals surface area contributed by atoms with E-state index in [0.29, 0.717) is 10.3 Å². The smallest absolute Gasteiger partial charge is 0.175 e. The van der Waals surface area contributed by atoms with Gasteiger partial charge >= 0.3 is 0 Å². The summed E-state index contributed by atoms with van der Waals surface area (Å²) in [4.78, 5) is 15.2. The molecule has 0 amide bonds. The third kappa shape index (κ3) is 5.08. The summed E-state index contributed by atoms with van der Waals surface area (Å²) in [6, 6.07) is 19.7. The monoisotopic (exact) mass is 543 g/mol. The first-order valence-electron chi connectivity index (χ1n) is 13.8. The van der Waals surface area contributed by atoms with E-state index in [4.69, 9.17) is 9.97 Å². The first-order valence-corrected chi connectivity index (χ1v) is 15.7. The number of fused-ring (bicyclic) bond motifs is 1. The second kappa shape index (κ2) is 9.75. The minimum Gasteiger partial charge on any atom is -0.371 e. The summed E-state index contributed by atoms with van der Waals surface area (Å²) < 4.78 is 25.6. The van der Waals surface area contributed by atoms with Gasteiger partial charge in [0.15, 0.2) is 15.5 Å². The molecule has 8 heteroatoms. The molecule has 0 radical (unpaired) electrons. The molecule has 2 fully saturated rings. The Labute approximate surface area is 231 Å². The summed E-state index contributed by atoms with van der Waals surface area (Å²) in [6.45, 7) is 10.6. The first kappa shape index (κ1) is 26.0. The number of hydrogen-bond donors (Lipinski definition) is 0. The fraction of sp³-hybridized carbons (Fsp3) is 0.419. The summed E-state index contributed by atoms with van der Waals surface area (Å²) in [5, 5.41) is 0. The second-order valence-corrected chi connectivity index (χ2v) is 13.9. The number of aromatic nitrogens is 3. The van der Waals surface area contributed by atoms with E-state index in [0.717, 1.165) is 52.8 Å². The summed E-state index contributed by atoms with van der Waals surface area (Å²) in [5.74, 6) is 1.50. The molecule has 4 heterocycles. The zero-order chi connectivity index (χ0) is 27.4. The molecule has 0 aliphatic carbocycles. The Morgan fingerprint density at radius 2 is 1.51 bits per heavy atom. The molecule has 6 rings (SSSR count). The number of rotatable bonds is 6. The van der Waals surface area contributed by atoms with Crippen LogP contribution in [-0.4, -0.2) is 66.8 Å². The number of sulfone groups is 1. The van der Waals surface area contributed by atoms with E-state index in [-0.39, 0.29) is 0 Å². The van der Waals surface area contributed by atoms with Crippen LogP contribution in [0.2, 0.25) is 0 Å². The number of piperidine rings is 1. The highest BCUT2D eigenvalue weighted by Crippen LogP contribution is 2.41. The van der Waals surface area contributed by atoms with Crippen molar-refractivity contribution in [2.75, 3.05) is 43.9 Å². The molecule has 2 aliphatic heterocycles. The van der Waals surface area contributed by atoms with Gasteiger partial charge < -0.3 is 14.4 Å². The number of aryl methyl sites for hydroxylation is 1. The van der Waals surface area contributed by atoms with Crippen LogP contribution in [-0.2, 0) is 16.9 Å². The zero-order valence-electron chi connectivity index (χ0n) is 23.3. The minimum atomic E-state index is -3.24. The molecule has 2 saturated heterocycles. The quantitative estimate of drug-likeness (QED) is 0.330. The van der Waals surface area contributed by atoms with Crippen molar-refractivity contribution in [2.24, 2.45) is 18.4 Å². The Morgan fingerprint density at radius 1 is 0.872 bits per heavy atom. The first-order chi connectivity index (χ1) is 18.6. The van der Waals surface area contributed by atoms with E-state index in [2.05, 4.69) is 47.9 Å². The molecule has 2 aromatic carbocycles. The van der Waals surface area contributed by atoms with E-state index in [1.807, 2.05) is 23.7 Å². The third-order valence-corrected chi connectivity index (χ3v) is 9.48. The number of anilines is 1. The van der Waals surface area contributed by atoms with Gasteiger partial charge in [0.05, 0.1) is 10.6 Å². The molecule has 2 aliphatic rings. The van der Waals surface area contributed by atoms with Gasteiger partial charge in [0.25, 0.3) is 0 Å². The topological polar surface area (TPSA) is 71.3 Å². The maximum absolute atomic E-state index is 11.8. The molecule has 39 heavy (non-hydrogen) atoms. The van der Waals surface area contributed by atoms with Gasteiger partial charge in [-0.3, -0.25) is 0 Å². The normalized spacial score (nSPS) is 17.7. The molecule has 7 nitrogen and oxygen atoms in total. The highest BCUT2D eigenvalue weighted by atomic mass is 32.2. The van der Waals surface area contributed by atoms with E-state index >= 15 is 0 Å². The van der Waals surface area contributed by atoms with Gasteiger partial charge in [0.2, 0.25) is 0 Å². The number of imidazole rings is 1. The second-order valence-electron chi connectivity index (χ2n) is 11.9. The number of nitrogens with zero attached hydrogens (tertiary/aromatic N) is 5. The maximum atomic E-state index is 11.8. The van der Waals surface area contributed by atoms with Gasteiger partial charge in [-0.1, -0.05) is 26.0 Å².